The van der Waals surface area contributed by atoms with Crippen molar-refractivity contribution in [3.05, 3.63) is 0 Å². The van der Waals surface area contributed by atoms with Crippen LogP contribution in [0.15, 0.2) is 0 Å². The molecule has 0 aromatic heterocycles. The Balaban J connectivity index is 2.07. The van der Waals surface area contributed by atoms with Gasteiger partial charge in [0.05, 0.1) is 0 Å². The lowest BCUT2D eigenvalue weighted by Gasteiger charge is -2.11. The van der Waals surface area contributed by atoms with Gasteiger partial charge in [0.2, 0.25) is 0 Å². The quantitative estimate of drug-likeness (QED) is 0.588. The van der Waals surface area contributed by atoms with Crippen LogP contribution in [-0.2, 0) is 0 Å². The first-order chi connectivity index (χ1) is 4.67. The van der Waals surface area contributed by atoms with Gasteiger partial charge in [-0.2, -0.15) is 0 Å². The molecular formula is C7H11F2N. The van der Waals surface area contributed by atoms with Crippen molar-refractivity contribution >= 4 is 0 Å². The monoisotopic (exact) mass is 147 g/mol. The average molecular weight is 147 g/mol. The molecule has 0 radical (unpaired) electrons. The first-order valence-corrected chi connectivity index (χ1v) is 3.72. The van der Waals surface area contributed by atoms with Gasteiger partial charge in [0.15, 0.2) is 0 Å². The first kappa shape index (κ1) is 6.53. The molecule has 1 N–H and O–H groups in total. The van der Waals surface area contributed by atoms with Crippen LogP contribution >= 0.6 is 0 Å². The van der Waals surface area contributed by atoms with Crippen LogP contribution in [0.1, 0.15) is 12.8 Å². The zero-order valence-electron chi connectivity index (χ0n) is 5.90. The minimum absolute atomic E-state index is 0.112. The molecule has 0 bridgehead atoms. The second kappa shape index (κ2) is 1.70. The molecule has 0 spiro atoms. The SMILES string of the molecule is CNC1C2CCC(F)(F)C21. The van der Waals surface area contributed by atoms with Crippen LogP contribution in [-0.4, -0.2) is 19.0 Å². The molecule has 58 valence electrons. The van der Waals surface area contributed by atoms with Crippen molar-refractivity contribution in [3.63, 3.8) is 0 Å². The highest BCUT2D eigenvalue weighted by Crippen LogP contribution is 2.59. The lowest BCUT2D eigenvalue weighted by atomic mass is 10.2. The van der Waals surface area contributed by atoms with Gasteiger partial charge in [-0.05, 0) is 19.4 Å². The number of nitrogens with one attached hydrogen (secondary N) is 1. The van der Waals surface area contributed by atoms with E-state index in [9.17, 15) is 8.78 Å². The molecule has 2 saturated carbocycles. The number of halogens is 2. The Kier molecular flexibility index (Phi) is 1.11. The van der Waals surface area contributed by atoms with E-state index < -0.39 is 5.92 Å². The fourth-order valence-corrected chi connectivity index (χ4v) is 2.23. The van der Waals surface area contributed by atoms with Crippen molar-refractivity contribution < 1.29 is 8.78 Å². The van der Waals surface area contributed by atoms with Gasteiger partial charge in [-0.25, -0.2) is 8.78 Å². The fraction of sp³-hybridized carbons (Fsp3) is 1.00. The highest BCUT2D eigenvalue weighted by Gasteiger charge is 2.66. The Morgan fingerprint density at radius 1 is 1.50 bits per heavy atom. The van der Waals surface area contributed by atoms with Gasteiger partial charge in [-0.1, -0.05) is 0 Å². The number of alkyl halides is 2. The highest BCUT2D eigenvalue weighted by atomic mass is 19.3. The summed E-state index contributed by atoms with van der Waals surface area (Å²) in [6.45, 7) is 0. The first-order valence-electron chi connectivity index (χ1n) is 3.72. The van der Waals surface area contributed by atoms with Crippen LogP contribution in [0.4, 0.5) is 8.78 Å². The molecule has 10 heavy (non-hydrogen) atoms. The average Bonchev–Trinajstić information content (AvgIpc) is 2.50. The predicted molar refractivity (Wildman–Crippen MR) is 34.0 cm³/mol. The molecule has 3 heteroatoms. The molecule has 0 heterocycles. The summed E-state index contributed by atoms with van der Waals surface area (Å²) in [5, 5.41) is 2.92. The van der Waals surface area contributed by atoms with Gasteiger partial charge < -0.3 is 5.32 Å². The van der Waals surface area contributed by atoms with Gasteiger partial charge in [0.1, 0.15) is 0 Å². The molecule has 2 fully saturated rings. The smallest absolute Gasteiger partial charge is 0.252 e. The van der Waals surface area contributed by atoms with E-state index in [1.165, 1.54) is 0 Å². The molecule has 0 aromatic rings. The van der Waals surface area contributed by atoms with Crippen LogP contribution in [0.5, 0.6) is 0 Å². The normalized spacial score (nSPS) is 48.9. The largest absolute Gasteiger partial charge is 0.316 e. The van der Waals surface area contributed by atoms with Crippen LogP contribution in [0.2, 0.25) is 0 Å². The molecular weight excluding hydrogens is 136 g/mol. The lowest BCUT2D eigenvalue weighted by Crippen LogP contribution is -2.24. The van der Waals surface area contributed by atoms with Crippen molar-refractivity contribution in [1.82, 2.24) is 5.32 Å². The molecule has 0 saturated heterocycles. The van der Waals surface area contributed by atoms with E-state index in [1.54, 1.807) is 7.05 Å². The summed E-state index contributed by atoms with van der Waals surface area (Å²) < 4.78 is 25.6. The standard InChI is InChI=1S/C7H11F2N/c1-10-6-4-2-3-7(8,9)5(4)6/h4-6,10H,2-3H2,1H3. The molecule has 2 aliphatic rings. The Labute approximate surface area is 58.8 Å². The number of hydrogen-bond acceptors (Lipinski definition) is 1. The van der Waals surface area contributed by atoms with Gasteiger partial charge in [-0.3, -0.25) is 0 Å². The minimum Gasteiger partial charge on any atom is -0.316 e. The van der Waals surface area contributed by atoms with E-state index in [4.69, 9.17) is 0 Å². The molecule has 1 nitrogen and oxygen atoms in total. The summed E-state index contributed by atoms with van der Waals surface area (Å²) in [5.74, 6) is -2.42. The summed E-state index contributed by atoms with van der Waals surface area (Å²) in [4.78, 5) is 0. The van der Waals surface area contributed by atoms with Gasteiger partial charge in [-0.15, -0.1) is 0 Å². The molecule has 0 aliphatic heterocycles. The van der Waals surface area contributed by atoms with Crippen LogP contribution in [0.25, 0.3) is 0 Å². The molecule has 0 aromatic carbocycles. The van der Waals surface area contributed by atoms with Gasteiger partial charge in [0.25, 0.3) is 5.92 Å². The maximum Gasteiger partial charge on any atom is 0.252 e. The van der Waals surface area contributed by atoms with E-state index >= 15 is 0 Å². The van der Waals surface area contributed by atoms with Crippen molar-refractivity contribution in [2.75, 3.05) is 7.05 Å². The van der Waals surface area contributed by atoms with E-state index in [-0.39, 0.29) is 24.3 Å². The second-order valence-electron chi connectivity index (χ2n) is 3.30. The molecule has 2 aliphatic carbocycles. The third-order valence-corrected chi connectivity index (χ3v) is 2.80. The van der Waals surface area contributed by atoms with Crippen molar-refractivity contribution in [1.29, 1.82) is 0 Å². The van der Waals surface area contributed by atoms with E-state index in [0.717, 1.165) is 0 Å². The zero-order chi connectivity index (χ0) is 7.35. The van der Waals surface area contributed by atoms with Crippen LogP contribution in [0, 0.1) is 11.8 Å². The van der Waals surface area contributed by atoms with Crippen molar-refractivity contribution in [2.24, 2.45) is 11.8 Å². The number of fused-ring (bicyclic) bond motifs is 1. The summed E-state index contributed by atoms with van der Waals surface area (Å²) >= 11 is 0. The van der Waals surface area contributed by atoms with Crippen molar-refractivity contribution in [3.8, 4) is 0 Å². The fourth-order valence-electron chi connectivity index (χ4n) is 2.23. The highest BCUT2D eigenvalue weighted by molar-refractivity contribution is 5.13. The predicted octanol–water partition coefficient (Wildman–Crippen LogP) is 1.25. The third kappa shape index (κ3) is 0.641. The Morgan fingerprint density at radius 2 is 2.20 bits per heavy atom. The van der Waals surface area contributed by atoms with E-state index in [2.05, 4.69) is 5.32 Å². The van der Waals surface area contributed by atoms with Crippen molar-refractivity contribution in [2.45, 2.75) is 24.8 Å². The third-order valence-electron chi connectivity index (χ3n) is 2.80. The summed E-state index contributed by atoms with van der Waals surface area (Å²) in [7, 11) is 1.76. The topological polar surface area (TPSA) is 12.0 Å². The maximum atomic E-state index is 12.8. The Bertz CT molecular complexity index is 154. The lowest BCUT2D eigenvalue weighted by molar-refractivity contribution is -0.0178. The van der Waals surface area contributed by atoms with Crippen LogP contribution in [0.3, 0.4) is 0 Å². The minimum atomic E-state index is -2.36. The second-order valence-corrected chi connectivity index (χ2v) is 3.30. The van der Waals surface area contributed by atoms with Gasteiger partial charge >= 0.3 is 0 Å². The summed E-state index contributed by atoms with van der Waals surface area (Å²) in [6, 6.07) is 0.115. The Hall–Kier alpha value is -0.180. The van der Waals surface area contributed by atoms with E-state index in [0.29, 0.717) is 6.42 Å². The molecule has 3 unspecified atom stereocenters. The summed E-state index contributed by atoms with van der Waals surface area (Å²) in [6.07, 6.45) is 0.823. The maximum absolute atomic E-state index is 12.8. The number of rotatable bonds is 1. The number of hydrogen-bond donors (Lipinski definition) is 1. The zero-order valence-corrected chi connectivity index (χ0v) is 5.90. The Morgan fingerprint density at radius 3 is 2.50 bits per heavy atom. The molecule has 3 atom stereocenters. The molecule has 0 amide bonds. The van der Waals surface area contributed by atoms with E-state index in [1.807, 2.05) is 0 Å². The molecule has 2 rings (SSSR count). The van der Waals surface area contributed by atoms with Gasteiger partial charge in [0, 0.05) is 18.4 Å². The van der Waals surface area contributed by atoms with Crippen LogP contribution < -0.4 is 5.32 Å². The summed E-state index contributed by atoms with van der Waals surface area (Å²) in [5.41, 5.74) is 0.